The summed E-state index contributed by atoms with van der Waals surface area (Å²) in [6.45, 7) is 2.27. The van der Waals surface area contributed by atoms with Crippen molar-refractivity contribution < 1.29 is 32.7 Å². The van der Waals surface area contributed by atoms with Crippen molar-refractivity contribution in [2.75, 3.05) is 6.61 Å². The van der Waals surface area contributed by atoms with Crippen LogP contribution in [0, 0.1) is 0 Å². The summed E-state index contributed by atoms with van der Waals surface area (Å²) in [6.07, 6.45) is -3.24. The SMILES string of the molecule is CCCCOc1cc(OC(F)(F)F)cc(B(O)O)c1. The van der Waals surface area contributed by atoms with Gasteiger partial charge in [0.15, 0.2) is 0 Å². The molecule has 0 amide bonds. The molecular formula is C11H14BF3O4. The zero-order valence-electron chi connectivity index (χ0n) is 10.3. The molecule has 0 fully saturated rings. The van der Waals surface area contributed by atoms with E-state index in [1.54, 1.807) is 0 Å². The second kappa shape index (κ2) is 6.67. The number of unbranched alkanes of at least 4 members (excludes halogenated alkanes) is 1. The van der Waals surface area contributed by atoms with Gasteiger partial charge in [-0.25, -0.2) is 0 Å². The van der Waals surface area contributed by atoms with Gasteiger partial charge >= 0.3 is 13.5 Å². The van der Waals surface area contributed by atoms with Gasteiger partial charge in [-0.05, 0) is 24.0 Å². The maximum Gasteiger partial charge on any atom is 0.573 e. The highest BCUT2D eigenvalue weighted by Gasteiger charge is 2.31. The van der Waals surface area contributed by atoms with E-state index in [1.165, 1.54) is 6.07 Å². The first-order valence-corrected chi connectivity index (χ1v) is 5.71. The van der Waals surface area contributed by atoms with Crippen molar-refractivity contribution >= 4 is 12.6 Å². The first-order valence-electron chi connectivity index (χ1n) is 5.71. The smallest absolute Gasteiger partial charge is 0.493 e. The molecule has 1 aromatic rings. The lowest BCUT2D eigenvalue weighted by molar-refractivity contribution is -0.274. The molecule has 1 aromatic carbocycles. The van der Waals surface area contributed by atoms with Crippen molar-refractivity contribution in [2.45, 2.75) is 26.1 Å². The Morgan fingerprint density at radius 3 is 2.32 bits per heavy atom. The Kier molecular flexibility index (Phi) is 5.50. The average Bonchev–Trinajstić information content (AvgIpc) is 2.26. The minimum Gasteiger partial charge on any atom is -0.493 e. The van der Waals surface area contributed by atoms with Crippen LogP contribution >= 0.6 is 0 Å². The highest BCUT2D eigenvalue weighted by Crippen LogP contribution is 2.25. The quantitative estimate of drug-likeness (QED) is 0.610. The summed E-state index contributed by atoms with van der Waals surface area (Å²) in [6, 6.07) is 3.20. The van der Waals surface area contributed by atoms with Crippen LogP contribution in [0.4, 0.5) is 13.2 Å². The summed E-state index contributed by atoms with van der Waals surface area (Å²) >= 11 is 0. The van der Waals surface area contributed by atoms with E-state index in [-0.39, 0.29) is 11.2 Å². The average molecular weight is 278 g/mol. The molecule has 8 heteroatoms. The van der Waals surface area contributed by atoms with Crippen LogP contribution in [0.15, 0.2) is 18.2 Å². The molecule has 4 nitrogen and oxygen atoms in total. The lowest BCUT2D eigenvalue weighted by Crippen LogP contribution is -2.30. The number of hydrogen-bond donors (Lipinski definition) is 2. The third-order valence-corrected chi connectivity index (χ3v) is 2.20. The summed E-state index contributed by atoms with van der Waals surface area (Å²) in [5.41, 5.74) is -0.131. The molecule has 0 saturated carbocycles. The Balaban J connectivity index is 2.90. The lowest BCUT2D eigenvalue weighted by Gasteiger charge is -2.13. The van der Waals surface area contributed by atoms with Gasteiger partial charge in [0.25, 0.3) is 0 Å². The van der Waals surface area contributed by atoms with Crippen LogP contribution in [-0.4, -0.2) is 30.1 Å². The number of benzene rings is 1. The number of hydrogen-bond acceptors (Lipinski definition) is 4. The Morgan fingerprint density at radius 1 is 1.16 bits per heavy atom. The molecule has 0 radical (unpaired) electrons. The van der Waals surface area contributed by atoms with Gasteiger partial charge in [-0.3, -0.25) is 0 Å². The monoisotopic (exact) mass is 278 g/mol. The fourth-order valence-electron chi connectivity index (χ4n) is 1.35. The molecule has 2 N–H and O–H groups in total. The van der Waals surface area contributed by atoms with Gasteiger partial charge in [-0.1, -0.05) is 13.3 Å². The molecule has 0 aliphatic rings. The van der Waals surface area contributed by atoms with E-state index < -0.39 is 19.2 Å². The molecular weight excluding hydrogens is 264 g/mol. The molecule has 19 heavy (non-hydrogen) atoms. The van der Waals surface area contributed by atoms with Crippen LogP contribution in [0.2, 0.25) is 0 Å². The zero-order chi connectivity index (χ0) is 14.5. The Hall–Kier alpha value is -1.41. The molecule has 0 aromatic heterocycles. The van der Waals surface area contributed by atoms with Gasteiger partial charge in [0.05, 0.1) is 6.61 Å². The van der Waals surface area contributed by atoms with E-state index in [1.807, 2.05) is 6.92 Å². The van der Waals surface area contributed by atoms with Crippen molar-refractivity contribution in [1.82, 2.24) is 0 Å². The third kappa shape index (κ3) is 5.84. The van der Waals surface area contributed by atoms with E-state index in [2.05, 4.69) is 4.74 Å². The normalized spacial score (nSPS) is 11.3. The molecule has 0 atom stereocenters. The minimum atomic E-state index is -4.85. The van der Waals surface area contributed by atoms with Crippen molar-refractivity contribution in [1.29, 1.82) is 0 Å². The highest BCUT2D eigenvalue weighted by molar-refractivity contribution is 6.58. The maximum absolute atomic E-state index is 12.1. The lowest BCUT2D eigenvalue weighted by atomic mass is 9.80. The second-order valence-electron chi connectivity index (χ2n) is 3.86. The van der Waals surface area contributed by atoms with E-state index in [0.29, 0.717) is 6.61 Å². The van der Waals surface area contributed by atoms with Crippen molar-refractivity contribution in [3.63, 3.8) is 0 Å². The topological polar surface area (TPSA) is 58.9 Å². The van der Waals surface area contributed by atoms with Crippen LogP contribution in [0.25, 0.3) is 0 Å². The molecule has 1 rings (SSSR count). The van der Waals surface area contributed by atoms with E-state index in [0.717, 1.165) is 25.0 Å². The molecule has 0 unspecified atom stereocenters. The first kappa shape index (κ1) is 15.7. The Bertz CT molecular complexity index is 409. The van der Waals surface area contributed by atoms with Gasteiger partial charge < -0.3 is 19.5 Å². The van der Waals surface area contributed by atoms with E-state index >= 15 is 0 Å². The van der Waals surface area contributed by atoms with Gasteiger partial charge in [0, 0.05) is 6.07 Å². The molecule has 0 aliphatic heterocycles. The molecule has 0 saturated heterocycles. The summed E-state index contributed by atoms with van der Waals surface area (Å²) in [5.74, 6) is -0.456. The second-order valence-corrected chi connectivity index (χ2v) is 3.86. The van der Waals surface area contributed by atoms with Crippen LogP contribution in [-0.2, 0) is 0 Å². The number of alkyl halides is 3. The number of ether oxygens (including phenoxy) is 2. The minimum absolute atomic E-state index is 0.0956. The van der Waals surface area contributed by atoms with Crippen LogP contribution < -0.4 is 14.9 Å². The third-order valence-electron chi connectivity index (χ3n) is 2.20. The van der Waals surface area contributed by atoms with Gasteiger partial charge in [-0.15, -0.1) is 13.2 Å². The van der Waals surface area contributed by atoms with Crippen LogP contribution in [0.3, 0.4) is 0 Å². The van der Waals surface area contributed by atoms with E-state index in [4.69, 9.17) is 14.8 Å². The molecule has 0 heterocycles. The van der Waals surface area contributed by atoms with E-state index in [9.17, 15) is 13.2 Å². The predicted octanol–water partition coefficient (Wildman–Crippen LogP) is 1.44. The standard InChI is InChI=1S/C11H14BF3O4/c1-2-3-4-18-9-5-8(12(16)17)6-10(7-9)19-11(13,14)15/h5-7,16-17H,2-4H2,1H3. The zero-order valence-corrected chi connectivity index (χ0v) is 10.3. The summed E-state index contributed by atoms with van der Waals surface area (Å²) < 4.78 is 45.3. The first-order chi connectivity index (χ1) is 8.81. The highest BCUT2D eigenvalue weighted by atomic mass is 19.4. The fourth-order valence-corrected chi connectivity index (χ4v) is 1.35. The summed E-state index contributed by atoms with van der Waals surface area (Å²) in [4.78, 5) is 0. The summed E-state index contributed by atoms with van der Waals surface area (Å²) in [7, 11) is -1.90. The summed E-state index contributed by atoms with van der Waals surface area (Å²) in [5, 5.41) is 18.0. The van der Waals surface area contributed by atoms with Crippen molar-refractivity contribution in [2.24, 2.45) is 0 Å². The van der Waals surface area contributed by atoms with Gasteiger partial charge in [0.1, 0.15) is 11.5 Å². The van der Waals surface area contributed by atoms with Gasteiger partial charge in [0.2, 0.25) is 0 Å². The van der Waals surface area contributed by atoms with Crippen LogP contribution in [0.1, 0.15) is 19.8 Å². The largest absolute Gasteiger partial charge is 0.573 e. The molecule has 0 spiro atoms. The van der Waals surface area contributed by atoms with Crippen molar-refractivity contribution in [3.05, 3.63) is 18.2 Å². The van der Waals surface area contributed by atoms with Crippen LogP contribution in [0.5, 0.6) is 11.5 Å². The fraction of sp³-hybridized carbons (Fsp3) is 0.455. The predicted molar refractivity (Wildman–Crippen MR) is 63.4 cm³/mol. The Labute approximate surface area is 108 Å². The number of rotatable bonds is 6. The molecule has 0 bridgehead atoms. The van der Waals surface area contributed by atoms with Gasteiger partial charge in [-0.2, -0.15) is 0 Å². The molecule has 106 valence electrons. The Morgan fingerprint density at radius 2 is 1.79 bits per heavy atom. The maximum atomic E-state index is 12.1. The molecule has 0 aliphatic carbocycles. The van der Waals surface area contributed by atoms with Crippen molar-refractivity contribution in [3.8, 4) is 11.5 Å². The number of halogens is 3.